The minimum atomic E-state index is -5.08. The molecular weight excluding hydrogens is 368 g/mol. The minimum Gasteiger partial charge on any atom is -0.475 e. The third-order valence-corrected chi connectivity index (χ3v) is 3.80. The van der Waals surface area contributed by atoms with E-state index in [0.717, 1.165) is 18.5 Å². The molecule has 1 heterocycles. The number of aromatic nitrogens is 2. The second-order valence-corrected chi connectivity index (χ2v) is 6.09. The first-order chi connectivity index (χ1) is 11.9. The van der Waals surface area contributed by atoms with E-state index in [1.165, 1.54) is 24.1 Å². The van der Waals surface area contributed by atoms with Crippen molar-refractivity contribution >= 4 is 5.97 Å². The van der Waals surface area contributed by atoms with Crippen LogP contribution >= 0.6 is 0 Å². The SMILES string of the molecule is CN(CCCC(F)(F)F)Cc1n[nH]c2c1CCCC2.O=C(O)C(F)(F)F. The zero-order valence-electron chi connectivity index (χ0n) is 14.2. The quantitative estimate of drug-likeness (QED) is 0.754. The average Bonchev–Trinajstić information content (AvgIpc) is 2.89. The van der Waals surface area contributed by atoms with E-state index >= 15 is 0 Å². The van der Waals surface area contributed by atoms with E-state index in [1.54, 1.807) is 0 Å². The highest BCUT2D eigenvalue weighted by Crippen LogP contribution is 2.24. The molecule has 1 aliphatic rings. The van der Waals surface area contributed by atoms with Crippen molar-refractivity contribution in [2.45, 2.75) is 57.4 Å². The Balaban J connectivity index is 0.000000412. The van der Waals surface area contributed by atoms with Gasteiger partial charge < -0.3 is 10.0 Å². The third-order valence-electron chi connectivity index (χ3n) is 3.80. The Labute approximate surface area is 146 Å². The molecule has 26 heavy (non-hydrogen) atoms. The maximum absolute atomic E-state index is 12.1. The fourth-order valence-electron chi connectivity index (χ4n) is 2.56. The van der Waals surface area contributed by atoms with Crippen molar-refractivity contribution in [1.29, 1.82) is 0 Å². The molecule has 0 fully saturated rings. The second kappa shape index (κ2) is 9.24. The summed E-state index contributed by atoms with van der Waals surface area (Å²) in [5.41, 5.74) is 3.50. The number of nitrogens with zero attached hydrogens (tertiary/aromatic N) is 2. The largest absolute Gasteiger partial charge is 0.490 e. The van der Waals surface area contributed by atoms with Gasteiger partial charge in [0.05, 0.1) is 5.69 Å². The number of alkyl halides is 6. The number of aromatic amines is 1. The molecule has 11 heteroatoms. The number of carboxylic acids is 1. The van der Waals surface area contributed by atoms with Gasteiger partial charge in [0.25, 0.3) is 0 Å². The smallest absolute Gasteiger partial charge is 0.475 e. The molecule has 1 aromatic heterocycles. The summed E-state index contributed by atoms with van der Waals surface area (Å²) in [5.74, 6) is -2.76. The van der Waals surface area contributed by atoms with Crippen LogP contribution in [0.4, 0.5) is 26.3 Å². The molecule has 1 aromatic rings. The number of rotatable bonds is 5. The van der Waals surface area contributed by atoms with Crippen LogP contribution in [-0.4, -0.2) is 52.1 Å². The summed E-state index contributed by atoms with van der Waals surface area (Å²) in [7, 11) is 1.85. The number of hydrogen-bond donors (Lipinski definition) is 2. The van der Waals surface area contributed by atoms with Crippen LogP contribution in [0.25, 0.3) is 0 Å². The number of aryl methyl sites for hydroxylation is 1. The average molecular weight is 389 g/mol. The Morgan fingerprint density at radius 1 is 1.19 bits per heavy atom. The van der Waals surface area contributed by atoms with Crippen molar-refractivity contribution in [2.24, 2.45) is 0 Å². The van der Waals surface area contributed by atoms with E-state index in [1.807, 2.05) is 11.9 Å². The molecule has 0 saturated heterocycles. The van der Waals surface area contributed by atoms with Crippen molar-refractivity contribution in [3.05, 3.63) is 17.0 Å². The number of hydrogen-bond acceptors (Lipinski definition) is 3. The lowest BCUT2D eigenvalue weighted by Crippen LogP contribution is -2.22. The summed E-state index contributed by atoms with van der Waals surface area (Å²) in [6, 6.07) is 0. The Kier molecular flexibility index (Phi) is 7.91. The molecule has 0 aromatic carbocycles. The predicted molar refractivity (Wildman–Crippen MR) is 80.5 cm³/mol. The molecule has 0 atom stereocenters. The zero-order chi connectivity index (χ0) is 20.0. The Morgan fingerprint density at radius 3 is 2.31 bits per heavy atom. The van der Waals surface area contributed by atoms with Crippen LogP contribution in [0.15, 0.2) is 0 Å². The van der Waals surface area contributed by atoms with Gasteiger partial charge in [0.2, 0.25) is 0 Å². The fourth-order valence-corrected chi connectivity index (χ4v) is 2.56. The summed E-state index contributed by atoms with van der Waals surface area (Å²) in [6.07, 6.45) is -5.25. The second-order valence-electron chi connectivity index (χ2n) is 6.09. The van der Waals surface area contributed by atoms with E-state index in [-0.39, 0.29) is 6.42 Å². The Morgan fingerprint density at radius 2 is 1.77 bits per heavy atom. The molecule has 0 aliphatic heterocycles. The molecule has 2 N–H and O–H groups in total. The van der Waals surface area contributed by atoms with Crippen LogP contribution in [0.3, 0.4) is 0 Å². The lowest BCUT2D eigenvalue weighted by molar-refractivity contribution is -0.192. The number of nitrogens with one attached hydrogen (secondary N) is 1. The third kappa shape index (κ3) is 8.07. The van der Waals surface area contributed by atoms with Crippen LogP contribution < -0.4 is 0 Å². The maximum Gasteiger partial charge on any atom is 0.490 e. The highest BCUT2D eigenvalue weighted by Gasteiger charge is 2.38. The summed E-state index contributed by atoms with van der Waals surface area (Å²) in [4.78, 5) is 10.8. The highest BCUT2D eigenvalue weighted by molar-refractivity contribution is 5.73. The lowest BCUT2D eigenvalue weighted by Gasteiger charge is -2.18. The molecule has 0 radical (unpaired) electrons. The molecule has 5 nitrogen and oxygen atoms in total. The van der Waals surface area contributed by atoms with Crippen LogP contribution in [0.2, 0.25) is 0 Å². The molecule has 150 valence electrons. The Hall–Kier alpha value is -1.78. The fraction of sp³-hybridized carbons (Fsp3) is 0.733. The topological polar surface area (TPSA) is 69.2 Å². The molecule has 1 aliphatic carbocycles. The molecule has 0 saturated carbocycles. The van der Waals surface area contributed by atoms with Gasteiger partial charge in [-0.1, -0.05) is 0 Å². The zero-order valence-corrected chi connectivity index (χ0v) is 14.2. The van der Waals surface area contributed by atoms with E-state index in [9.17, 15) is 26.3 Å². The van der Waals surface area contributed by atoms with Crippen molar-refractivity contribution in [3.8, 4) is 0 Å². The molecule has 0 unspecified atom stereocenters. The first-order valence-corrected chi connectivity index (χ1v) is 8.00. The number of fused-ring (bicyclic) bond motifs is 1. The predicted octanol–water partition coefficient (Wildman–Crippen LogP) is 3.70. The van der Waals surface area contributed by atoms with Crippen molar-refractivity contribution in [1.82, 2.24) is 15.1 Å². The van der Waals surface area contributed by atoms with Gasteiger partial charge >= 0.3 is 18.3 Å². The maximum atomic E-state index is 12.1. The van der Waals surface area contributed by atoms with E-state index in [0.29, 0.717) is 13.1 Å². The molecular formula is C15H21F6N3O2. The number of carbonyl (C=O) groups is 1. The first-order valence-electron chi connectivity index (χ1n) is 8.00. The van der Waals surface area contributed by atoms with Crippen molar-refractivity contribution in [2.75, 3.05) is 13.6 Å². The van der Waals surface area contributed by atoms with E-state index < -0.39 is 24.7 Å². The van der Waals surface area contributed by atoms with E-state index in [4.69, 9.17) is 9.90 Å². The molecule has 2 rings (SSSR count). The van der Waals surface area contributed by atoms with Gasteiger partial charge in [0, 0.05) is 18.7 Å². The highest BCUT2D eigenvalue weighted by atomic mass is 19.4. The monoisotopic (exact) mass is 389 g/mol. The van der Waals surface area contributed by atoms with Gasteiger partial charge in [-0.3, -0.25) is 5.10 Å². The van der Waals surface area contributed by atoms with Gasteiger partial charge in [-0.15, -0.1) is 0 Å². The number of halogens is 6. The van der Waals surface area contributed by atoms with Gasteiger partial charge in [0.1, 0.15) is 0 Å². The summed E-state index contributed by atoms with van der Waals surface area (Å²) in [6.45, 7) is 1.07. The molecule has 0 bridgehead atoms. The van der Waals surface area contributed by atoms with Crippen LogP contribution in [0.5, 0.6) is 0 Å². The summed E-state index contributed by atoms with van der Waals surface area (Å²) < 4.78 is 68.0. The van der Waals surface area contributed by atoms with Gasteiger partial charge in [-0.05, 0) is 51.3 Å². The van der Waals surface area contributed by atoms with Gasteiger partial charge in [-0.25, -0.2) is 4.79 Å². The molecule has 0 amide bonds. The molecule has 0 spiro atoms. The van der Waals surface area contributed by atoms with Crippen LogP contribution in [-0.2, 0) is 24.2 Å². The number of carboxylic acid groups (broad SMARTS) is 1. The van der Waals surface area contributed by atoms with Crippen LogP contribution in [0.1, 0.15) is 42.6 Å². The number of H-pyrrole nitrogens is 1. The first kappa shape index (κ1) is 22.3. The lowest BCUT2D eigenvalue weighted by atomic mass is 9.96. The Bertz CT molecular complexity index is 583. The van der Waals surface area contributed by atoms with Gasteiger partial charge in [0.15, 0.2) is 0 Å². The van der Waals surface area contributed by atoms with Crippen LogP contribution in [0, 0.1) is 0 Å². The van der Waals surface area contributed by atoms with Crippen molar-refractivity contribution < 1.29 is 36.2 Å². The summed E-state index contributed by atoms with van der Waals surface area (Å²) in [5, 5.41) is 14.5. The standard InChI is InChI=1S/C13H20F3N3.C2HF3O2/c1-19(8-4-7-13(14,15)16)9-12-10-5-2-3-6-11(10)17-18-12;3-2(4,5)1(6)7/h2-9H2,1H3,(H,17,18);(H,6,7). The van der Waals surface area contributed by atoms with Gasteiger partial charge in [-0.2, -0.15) is 31.4 Å². The normalized spacial score (nSPS) is 14.6. The van der Waals surface area contributed by atoms with E-state index in [2.05, 4.69) is 10.2 Å². The van der Waals surface area contributed by atoms with Crippen molar-refractivity contribution in [3.63, 3.8) is 0 Å². The summed E-state index contributed by atoms with van der Waals surface area (Å²) >= 11 is 0. The minimum absolute atomic E-state index is 0.145. The number of aliphatic carboxylic acids is 1.